The lowest BCUT2D eigenvalue weighted by molar-refractivity contribution is 0.284. The van der Waals surface area contributed by atoms with E-state index in [-0.39, 0.29) is 13.2 Å². The zero-order valence-corrected chi connectivity index (χ0v) is 16.9. The fraction of sp³-hybridized carbons (Fsp3) is 0.500. The molecule has 2 aromatic rings. The molecule has 2 heteroatoms. The average Bonchev–Trinajstić information content (AvgIpc) is 2.59. The molecule has 0 saturated carbocycles. The molecular weight excluding hydrogens is 320 g/mol. The summed E-state index contributed by atoms with van der Waals surface area (Å²) in [7, 11) is 0. The van der Waals surface area contributed by atoms with Crippen LogP contribution in [0.3, 0.4) is 0 Å². The van der Waals surface area contributed by atoms with Crippen LogP contribution in [-0.2, 0) is 12.8 Å². The normalized spacial score (nSPS) is 11.2. The first kappa shape index (κ1) is 20.7. The summed E-state index contributed by atoms with van der Waals surface area (Å²) in [5.74, 6) is 0. The summed E-state index contributed by atoms with van der Waals surface area (Å²) in [5.41, 5.74) is 10.8. The molecule has 0 fully saturated rings. The topological polar surface area (TPSA) is 40.5 Å². The van der Waals surface area contributed by atoms with E-state index in [4.69, 9.17) is 10.2 Å². The zero-order valence-electron chi connectivity index (χ0n) is 16.9. The highest BCUT2D eigenvalue weighted by Crippen LogP contribution is 2.30. The second-order valence-corrected chi connectivity index (χ2v) is 7.54. The van der Waals surface area contributed by atoms with E-state index in [1.165, 1.54) is 44.5 Å². The van der Waals surface area contributed by atoms with Crippen molar-refractivity contribution in [2.45, 2.75) is 66.2 Å². The Balaban J connectivity index is 2.28. The molecule has 0 aliphatic rings. The van der Waals surface area contributed by atoms with Gasteiger partial charge in [-0.1, -0.05) is 24.3 Å². The molecule has 0 spiro atoms. The van der Waals surface area contributed by atoms with Gasteiger partial charge in [0, 0.05) is 13.2 Å². The maximum Gasteiger partial charge on any atom is 0.0431 e. The molecule has 2 nitrogen and oxygen atoms in total. The van der Waals surface area contributed by atoms with Crippen molar-refractivity contribution in [3.8, 4) is 11.1 Å². The lowest BCUT2D eigenvalue weighted by Crippen LogP contribution is -1.99. The predicted molar refractivity (Wildman–Crippen MR) is 111 cm³/mol. The van der Waals surface area contributed by atoms with E-state index in [1.54, 1.807) is 0 Å². The third-order valence-electron chi connectivity index (χ3n) is 5.40. The van der Waals surface area contributed by atoms with E-state index >= 15 is 0 Å². The molecule has 0 radical (unpaired) electrons. The lowest BCUT2D eigenvalue weighted by atomic mass is 9.89. The largest absolute Gasteiger partial charge is 0.396 e. The highest BCUT2D eigenvalue weighted by atomic mass is 16.3. The van der Waals surface area contributed by atoms with Crippen molar-refractivity contribution in [2.24, 2.45) is 0 Å². The number of aliphatic hydroxyl groups excluding tert-OH is 2. The van der Waals surface area contributed by atoms with Gasteiger partial charge in [0.05, 0.1) is 0 Å². The van der Waals surface area contributed by atoms with E-state index < -0.39 is 0 Å². The molecule has 142 valence electrons. The second kappa shape index (κ2) is 9.89. The number of aryl methyl sites for hydroxylation is 4. The van der Waals surface area contributed by atoms with Gasteiger partial charge in [-0.15, -0.1) is 0 Å². The maximum absolute atomic E-state index is 9.01. The Kier molecular flexibility index (Phi) is 7.86. The summed E-state index contributed by atoms with van der Waals surface area (Å²) < 4.78 is 0. The van der Waals surface area contributed by atoms with Crippen molar-refractivity contribution < 1.29 is 10.2 Å². The quantitative estimate of drug-likeness (QED) is 0.606. The number of aliphatic hydroxyl groups is 2. The second-order valence-electron chi connectivity index (χ2n) is 7.54. The van der Waals surface area contributed by atoms with Crippen LogP contribution in [0, 0.1) is 27.7 Å². The van der Waals surface area contributed by atoms with Crippen LogP contribution >= 0.6 is 0 Å². The van der Waals surface area contributed by atoms with Gasteiger partial charge in [0.25, 0.3) is 0 Å². The Morgan fingerprint density at radius 1 is 0.538 bits per heavy atom. The highest BCUT2D eigenvalue weighted by Gasteiger charge is 2.10. The molecule has 26 heavy (non-hydrogen) atoms. The van der Waals surface area contributed by atoms with E-state index in [1.807, 2.05) is 0 Å². The van der Waals surface area contributed by atoms with Gasteiger partial charge in [-0.2, -0.15) is 0 Å². The van der Waals surface area contributed by atoms with Crippen molar-refractivity contribution in [2.75, 3.05) is 13.2 Å². The summed E-state index contributed by atoms with van der Waals surface area (Å²) >= 11 is 0. The molecule has 0 aliphatic heterocycles. The van der Waals surface area contributed by atoms with Gasteiger partial charge in [-0.3, -0.25) is 0 Å². The van der Waals surface area contributed by atoms with E-state index in [2.05, 4.69) is 52.0 Å². The van der Waals surface area contributed by atoms with Crippen molar-refractivity contribution in [1.29, 1.82) is 0 Å². The first-order valence-electron chi connectivity index (χ1n) is 9.90. The first-order chi connectivity index (χ1) is 12.5. The van der Waals surface area contributed by atoms with Gasteiger partial charge in [0.2, 0.25) is 0 Å². The summed E-state index contributed by atoms with van der Waals surface area (Å²) in [5, 5.41) is 18.0. The molecule has 0 heterocycles. The van der Waals surface area contributed by atoms with Crippen LogP contribution in [0.2, 0.25) is 0 Å². The molecular formula is C24H34O2. The molecule has 0 aliphatic carbocycles. The van der Waals surface area contributed by atoms with Crippen LogP contribution in [-0.4, -0.2) is 23.4 Å². The molecule has 0 saturated heterocycles. The Hall–Kier alpha value is -1.64. The molecule has 0 unspecified atom stereocenters. The molecule has 2 rings (SSSR count). The van der Waals surface area contributed by atoms with Crippen molar-refractivity contribution in [3.63, 3.8) is 0 Å². The van der Waals surface area contributed by atoms with Gasteiger partial charge in [-0.25, -0.2) is 0 Å². The summed E-state index contributed by atoms with van der Waals surface area (Å²) in [6.45, 7) is 9.36. The Bertz CT molecular complexity index is 621. The number of hydrogen-bond donors (Lipinski definition) is 2. The van der Waals surface area contributed by atoms with Crippen LogP contribution < -0.4 is 0 Å². The molecule has 0 amide bonds. The Morgan fingerprint density at radius 2 is 0.846 bits per heavy atom. The molecule has 2 aromatic carbocycles. The van der Waals surface area contributed by atoms with Gasteiger partial charge < -0.3 is 10.2 Å². The smallest absolute Gasteiger partial charge is 0.0431 e. The van der Waals surface area contributed by atoms with Crippen LogP contribution in [0.1, 0.15) is 59.1 Å². The maximum atomic E-state index is 9.01. The van der Waals surface area contributed by atoms with E-state index in [0.29, 0.717) is 0 Å². The fourth-order valence-corrected chi connectivity index (χ4v) is 3.94. The number of rotatable bonds is 9. The Morgan fingerprint density at radius 3 is 1.12 bits per heavy atom. The molecule has 2 N–H and O–H groups in total. The van der Waals surface area contributed by atoms with Crippen LogP contribution in [0.4, 0.5) is 0 Å². The number of hydrogen-bond acceptors (Lipinski definition) is 2. The standard InChI is InChI=1S/C24H34O2/c1-17-13-21(14-18(2)23(17)9-5-7-11-25)22-15-19(3)24(20(4)16-22)10-6-8-12-26/h13-16,25-26H,5-12H2,1-4H3. The number of benzene rings is 2. The Labute approximate surface area is 158 Å². The van der Waals surface area contributed by atoms with E-state index in [0.717, 1.165) is 38.5 Å². The minimum Gasteiger partial charge on any atom is -0.396 e. The van der Waals surface area contributed by atoms with Crippen LogP contribution in [0.15, 0.2) is 24.3 Å². The van der Waals surface area contributed by atoms with Crippen molar-refractivity contribution in [3.05, 3.63) is 57.6 Å². The fourth-order valence-electron chi connectivity index (χ4n) is 3.94. The first-order valence-corrected chi connectivity index (χ1v) is 9.90. The van der Waals surface area contributed by atoms with Crippen molar-refractivity contribution >= 4 is 0 Å². The third kappa shape index (κ3) is 5.18. The van der Waals surface area contributed by atoms with E-state index in [9.17, 15) is 0 Å². The number of unbranched alkanes of at least 4 members (excludes halogenated alkanes) is 2. The zero-order chi connectivity index (χ0) is 19.1. The summed E-state index contributed by atoms with van der Waals surface area (Å²) in [4.78, 5) is 0. The van der Waals surface area contributed by atoms with Gasteiger partial charge in [0.1, 0.15) is 0 Å². The van der Waals surface area contributed by atoms with Gasteiger partial charge in [-0.05, 0) is 111 Å². The minimum absolute atomic E-state index is 0.277. The highest BCUT2D eigenvalue weighted by molar-refractivity contribution is 5.68. The van der Waals surface area contributed by atoms with Crippen molar-refractivity contribution in [1.82, 2.24) is 0 Å². The third-order valence-corrected chi connectivity index (χ3v) is 5.40. The summed E-state index contributed by atoms with van der Waals surface area (Å²) in [6, 6.07) is 9.23. The molecule has 0 bridgehead atoms. The lowest BCUT2D eigenvalue weighted by Gasteiger charge is -2.16. The minimum atomic E-state index is 0.277. The van der Waals surface area contributed by atoms with Gasteiger partial charge in [0.15, 0.2) is 0 Å². The molecule has 0 atom stereocenters. The van der Waals surface area contributed by atoms with Gasteiger partial charge >= 0.3 is 0 Å². The van der Waals surface area contributed by atoms with Crippen LogP contribution in [0.5, 0.6) is 0 Å². The average molecular weight is 355 g/mol. The summed E-state index contributed by atoms with van der Waals surface area (Å²) in [6.07, 6.45) is 5.91. The molecule has 0 aromatic heterocycles. The SMILES string of the molecule is Cc1cc(-c2cc(C)c(CCCCO)c(C)c2)cc(C)c1CCCCO. The predicted octanol–water partition coefficient (Wildman–Crippen LogP) is 5.22. The van der Waals surface area contributed by atoms with Crippen LogP contribution in [0.25, 0.3) is 11.1 Å². The monoisotopic (exact) mass is 354 g/mol.